The molecule has 0 aliphatic carbocycles. The molecule has 2 unspecified atom stereocenters. The summed E-state index contributed by atoms with van der Waals surface area (Å²) in [5.74, 6) is 0.351. The number of halogens is 3. The maximum absolute atomic E-state index is 13.2. The molecule has 2 atom stereocenters. The van der Waals surface area contributed by atoms with Gasteiger partial charge < -0.3 is 19.6 Å². The van der Waals surface area contributed by atoms with Gasteiger partial charge in [0.15, 0.2) is 0 Å². The summed E-state index contributed by atoms with van der Waals surface area (Å²) in [5, 5.41) is 11.2. The van der Waals surface area contributed by atoms with Gasteiger partial charge in [-0.15, -0.1) is 24.2 Å². The van der Waals surface area contributed by atoms with Gasteiger partial charge in [-0.25, -0.2) is 0 Å². The van der Waals surface area contributed by atoms with Crippen LogP contribution in [0.15, 0.2) is 41.3 Å². The second-order valence-electron chi connectivity index (χ2n) is 6.76. The number of carbonyl (C=O) groups is 1. The second kappa shape index (κ2) is 10.2. The van der Waals surface area contributed by atoms with Crippen molar-refractivity contribution in [1.29, 1.82) is 0 Å². The third kappa shape index (κ3) is 5.13. The number of methoxy groups -OCH3 is 1. The number of fused-ring (bicyclic) bond motifs is 1. The molecule has 2 aromatic carbocycles. The molecular weight excluding hydrogens is 455 g/mol. The zero-order chi connectivity index (χ0) is 20.4. The van der Waals surface area contributed by atoms with Crippen LogP contribution >= 0.6 is 47.4 Å². The summed E-state index contributed by atoms with van der Waals surface area (Å²) in [4.78, 5) is 17.4. The summed E-state index contributed by atoms with van der Waals surface area (Å²) >= 11 is 14.1. The van der Waals surface area contributed by atoms with Crippen LogP contribution in [-0.2, 0) is 4.79 Å². The largest absolute Gasteiger partial charge is 0.497 e. The van der Waals surface area contributed by atoms with Crippen LogP contribution in [0.4, 0.5) is 5.69 Å². The first-order valence-corrected chi connectivity index (χ1v) is 10.4. The van der Waals surface area contributed by atoms with E-state index in [1.54, 1.807) is 24.1 Å². The van der Waals surface area contributed by atoms with Crippen LogP contribution < -0.4 is 9.64 Å². The number of ether oxygens (including phenoxy) is 1. The third-order valence-electron chi connectivity index (χ3n) is 4.59. The summed E-state index contributed by atoms with van der Waals surface area (Å²) in [6.45, 7) is 1.08. The van der Waals surface area contributed by atoms with E-state index in [1.807, 2.05) is 43.3 Å². The minimum Gasteiger partial charge on any atom is -0.497 e. The molecule has 0 fully saturated rings. The highest BCUT2D eigenvalue weighted by Crippen LogP contribution is 2.50. The van der Waals surface area contributed by atoms with E-state index in [9.17, 15) is 9.90 Å². The first-order valence-electron chi connectivity index (χ1n) is 8.76. The lowest BCUT2D eigenvalue weighted by Gasteiger charge is -2.26. The Labute approximate surface area is 191 Å². The van der Waals surface area contributed by atoms with Gasteiger partial charge in [0.1, 0.15) is 11.9 Å². The smallest absolute Gasteiger partial charge is 0.257 e. The second-order valence-corrected chi connectivity index (χ2v) is 8.70. The van der Waals surface area contributed by atoms with E-state index < -0.39 is 11.4 Å². The van der Waals surface area contributed by atoms with Crippen molar-refractivity contribution in [2.75, 3.05) is 39.2 Å². The van der Waals surface area contributed by atoms with E-state index in [0.717, 1.165) is 5.56 Å². The van der Waals surface area contributed by atoms with Gasteiger partial charge in [-0.2, -0.15) is 0 Å². The minimum atomic E-state index is -1.22. The number of aliphatic hydroxyl groups is 1. The van der Waals surface area contributed by atoms with Crippen molar-refractivity contribution in [1.82, 2.24) is 4.90 Å². The zero-order valence-electron chi connectivity index (χ0n) is 16.3. The molecule has 0 aromatic heterocycles. The number of hydrogen-bond acceptors (Lipinski definition) is 5. The molecule has 1 heterocycles. The van der Waals surface area contributed by atoms with Crippen molar-refractivity contribution in [3.8, 4) is 5.75 Å². The van der Waals surface area contributed by atoms with Gasteiger partial charge in [0, 0.05) is 13.1 Å². The van der Waals surface area contributed by atoms with Crippen molar-refractivity contribution in [3.63, 3.8) is 0 Å². The minimum absolute atomic E-state index is 0. The Balaban J connectivity index is 0.00000300. The van der Waals surface area contributed by atoms with Gasteiger partial charge in [0.25, 0.3) is 5.91 Å². The predicted octanol–water partition coefficient (Wildman–Crippen LogP) is 4.53. The molecular formula is C20H23Cl3N2O3S. The van der Waals surface area contributed by atoms with Crippen LogP contribution in [0.2, 0.25) is 10.0 Å². The van der Waals surface area contributed by atoms with E-state index in [0.29, 0.717) is 39.5 Å². The molecule has 1 amide bonds. The van der Waals surface area contributed by atoms with E-state index in [-0.39, 0.29) is 18.3 Å². The molecule has 0 spiro atoms. The lowest BCUT2D eigenvalue weighted by molar-refractivity contribution is -0.126. The van der Waals surface area contributed by atoms with Crippen LogP contribution in [0.3, 0.4) is 0 Å². The van der Waals surface area contributed by atoms with Gasteiger partial charge in [-0.3, -0.25) is 4.79 Å². The highest BCUT2D eigenvalue weighted by atomic mass is 35.5. The van der Waals surface area contributed by atoms with Crippen molar-refractivity contribution in [2.24, 2.45) is 0 Å². The topological polar surface area (TPSA) is 53.0 Å². The van der Waals surface area contributed by atoms with Crippen LogP contribution in [0.25, 0.3) is 0 Å². The van der Waals surface area contributed by atoms with E-state index in [1.165, 1.54) is 11.8 Å². The molecule has 29 heavy (non-hydrogen) atoms. The Bertz CT molecular complexity index is 865. The molecule has 0 saturated heterocycles. The number of rotatable bonds is 5. The van der Waals surface area contributed by atoms with Crippen molar-refractivity contribution in [2.45, 2.75) is 16.2 Å². The molecule has 158 valence electrons. The van der Waals surface area contributed by atoms with Gasteiger partial charge in [0.05, 0.1) is 33.0 Å². The molecule has 5 nitrogen and oxygen atoms in total. The van der Waals surface area contributed by atoms with Gasteiger partial charge >= 0.3 is 0 Å². The van der Waals surface area contributed by atoms with Gasteiger partial charge in [-0.1, -0.05) is 35.3 Å². The molecule has 1 aliphatic rings. The molecule has 1 N–H and O–H groups in total. The first kappa shape index (κ1) is 24.1. The van der Waals surface area contributed by atoms with Crippen LogP contribution in [0.1, 0.15) is 10.8 Å². The fourth-order valence-electron chi connectivity index (χ4n) is 3.02. The summed E-state index contributed by atoms with van der Waals surface area (Å²) in [7, 11) is 5.46. The van der Waals surface area contributed by atoms with Crippen LogP contribution in [-0.4, -0.2) is 56.3 Å². The highest BCUT2D eigenvalue weighted by molar-refractivity contribution is 8.00. The normalized spacial score (nSPS) is 18.9. The molecule has 0 radical (unpaired) electrons. The Morgan fingerprint density at radius 3 is 2.41 bits per heavy atom. The number of aliphatic hydroxyl groups excluding tert-OH is 1. The fourth-order valence-corrected chi connectivity index (χ4v) is 4.83. The van der Waals surface area contributed by atoms with E-state index in [4.69, 9.17) is 27.9 Å². The zero-order valence-corrected chi connectivity index (χ0v) is 19.4. The van der Waals surface area contributed by atoms with Crippen molar-refractivity contribution >= 4 is 59.0 Å². The average molecular weight is 478 g/mol. The summed E-state index contributed by atoms with van der Waals surface area (Å²) in [5.41, 5.74) is 1.48. The molecule has 1 aliphatic heterocycles. The first-order chi connectivity index (χ1) is 13.3. The Kier molecular flexibility index (Phi) is 8.52. The third-order valence-corrected chi connectivity index (χ3v) is 6.93. The number of carbonyl (C=O) groups excluding carboxylic acids is 1. The van der Waals surface area contributed by atoms with Crippen LogP contribution in [0, 0.1) is 0 Å². The number of benzene rings is 2. The number of hydrogen-bond donors (Lipinski definition) is 1. The number of anilines is 1. The van der Waals surface area contributed by atoms with Crippen LogP contribution in [0.5, 0.6) is 5.75 Å². The van der Waals surface area contributed by atoms with Crippen molar-refractivity contribution in [3.05, 3.63) is 52.0 Å². The highest BCUT2D eigenvalue weighted by Gasteiger charge is 2.38. The lowest BCUT2D eigenvalue weighted by Crippen LogP contribution is -2.43. The summed E-state index contributed by atoms with van der Waals surface area (Å²) < 4.78 is 5.20. The maximum atomic E-state index is 13.2. The number of thioether (sulfide) groups is 1. The van der Waals surface area contributed by atoms with E-state index in [2.05, 4.69) is 0 Å². The summed E-state index contributed by atoms with van der Waals surface area (Å²) in [6.07, 6.45) is -1.22. The standard InChI is InChI=1S/C20H22Cl2N2O3S.ClH/c1-23(2)10-11-24-15-9-8-14(21)16(22)19(15)28-18(17(25)20(24)26)12-4-6-13(27-3)7-5-12;/h4-9,17-18,25H,10-11H2,1-3H3;1H. The van der Waals surface area contributed by atoms with E-state index >= 15 is 0 Å². The Hall–Kier alpha value is -1.15. The fraction of sp³-hybridized carbons (Fsp3) is 0.350. The van der Waals surface area contributed by atoms with Gasteiger partial charge in [-0.05, 0) is 43.9 Å². The Morgan fingerprint density at radius 1 is 1.17 bits per heavy atom. The Morgan fingerprint density at radius 2 is 1.83 bits per heavy atom. The molecule has 0 bridgehead atoms. The summed E-state index contributed by atoms with van der Waals surface area (Å²) in [6, 6.07) is 10.8. The quantitative estimate of drug-likeness (QED) is 0.686. The monoisotopic (exact) mass is 476 g/mol. The predicted molar refractivity (Wildman–Crippen MR) is 122 cm³/mol. The number of nitrogens with zero attached hydrogens (tertiary/aromatic N) is 2. The number of amides is 1. The molecule has 0 saturated carbocycles. The van der Waals surface area contributed by atoms with Gasteiger partial charge in [0.2, 0.25) is 0 Å². The lowest BCUT2D eigenvalue weighted by atomic mass is 10.1. The van der Waals surface area contributed by atoms with Crippen molar-refractivity contribution < 1.29 is 14.6 Å². The molecule has 2 aromatic rings. The maximum Gasteiger partial charge on any atom is 0.257 e. The number of likely N-dealkylation sites (N-methyl/N-ethyl adjacent to an activating group) is 1. The SMILES string of the molecule is COc1ccc(C2Sc3c(ccc(Cl)c3Cl)N(CCN(C)C)C(=O)C2O)cc1.Cl. The average Bonchev–Trinajstić information content (AvgIpc) is 2.79. The molecule has 9 heteroatoms. The molecule has 3 rings (SSSR count).